The number of carbonyl (C=O) groups is 1. The summed E-state index contributed by atoms with van der Waals surface area (Å²) in [6.45, 7) is 6.74. The molecule has 0 atom stereocenters. The van der Waals surface area contributed by atoms with Crippen LogP contribution < -0.4 is 4.74 Å². The van der Waals surface area contributed by atoms with E-state index in [-0.39, 0.29) is 5.97 Å². The first-order valence-electron chi connectivity index (χ1n) is 6.48. The molecule has 0 aliphatic carbocycles. The number of rotatable bonds is 1. The fourth-order valence-corrected chi connectivity index (χ4v) is 3.71. The van der Waals surface area contributed by atoms with Gasteiger partial charge in [0.1, 0.15) is 12.4 Å². The highest BCUT2D eigenvalue weighted by molar-refractivity contribution is 7.15. The van der Waals surface area contributed by atoms with Gasteiger partial charge in [0.25, 0.3) is 0 Å². The molecule has 1 aliphatic rings. The minimum atomic E-state index is -0.303. The summed E-state index contributed by atoms with van der Waals surface area (Å²) in [5.74, 6) is 0.548. The van der Waals surface area contributed by atoms with Crippen LogP contribution in [0.2, 0.25) is 0 Å². The molecule has 2 heterocycles. The van der Waals surface area contributed by atoms with E-state index in [1.165, 1.54) is 28.0 Å². The van der Waals surface area contributed by atoms with Crippen LogP contribution in [0.25, 0.3) is 10.4 Å². The van der Waals surface area contributed by atoms with Crippen molar-refractivity contribution in [1.82, 2.24) is 0 Å². The van der Waals surface area contributed by atoms with Crippen LogP contribution in [0.3, 0.4) is 0 Å². The maximum atomic E-state index is 11.8. The SMILES string of the molecule is COC(=O)c1cc2c(cc1C)OCc1c-2sc(C)c1C. The van der Waals surface area contributed by atoms with Gasteiger partial charge in [-0.05, 0) is 44.0 Å². The summed E-state index contributed by atoms with van der Waals surface area (Å²) in [5.41, 5.74) is 5.00. The Labute approximate surface area is 122 Å². The van der Waals surface area contributed by atoms with Crippen molar-refractivity contribution < 1.29 is 14.3 Å². The second kappa shape index (κ2) is 4.63. The molecule has 3 nitrogen and oxygen atoms in total. The number of ether oxygens (including phenoxy) is 2. The maximum Gasteiger partial charge on any atom is 0.338 e. The number of esters is 1. The molecule has 0 unspecified atom stereocenters. The van der Waals surface area contributed by atoms with Crippen molar-refractivity contribution in [3.8, 4) is 16.2 Å². The first-order valence-corrected chi connectivity index (χ1v) is 7.29. The zero-order chi connectivity index (χ0) is 14.4. The van der Waals surface area contributed by atoms with Gasteiger partial charge < -0.3 is 9.47 Å². The molecule has 0 bridgehead atoms. The first-order chi connectivity index (χ1) is 9.52. The van der Waals surface area contributed by atoms with Crippen LogP contribution in [0.4, 0.5) is 0 Å². The van der Waals surface area contributed by atoms with Gasteiger partial charge in [-0.2, -0.15) is 0 Å². The summed E-state index contributed by atoms with van der Waals surface area (Å²) < 4.78 is 10.7. The van der Waals surface area contributed by atoms with Gasteiger partial charge in [-0.1, -0.05) is 0 Å². The number of methoxy groups -OCH3 is 1. The van der Waals surface area contributed by atoms with Crippen molar-refractivity contribution in [3.05, 3.63) is 39.3 Å². The highest BCUT2D eigenvalue weighted by Gasteiger charge is 2.25. The molecule has 0 saturated carbocycles. The lowest BCUT2D eigenvalue weighted by atomic mass is 9.98. The molecule has 0 fully saturated rings. The fraction of sp³-hybridized carbons (Fsp3) is 0.312. The van der Waals surface area contributed by atoms with Crippen molar-refractivity contribution in [3.63, 3.8) is 0 Å². The second-order valence-electron chi connectivity index (χ2n) is 5.03. The Morgan fingerprint density at radius 3 is 2.75 bits per heavy atom. The predicted octanol–water partition coefficient (Wildman–Crippen LogP) is 4.02. The van der Waals surface area contributed by atoms with Crippen LogP contribution in [-0.4, -0.2) is 13.1 Å². The van der Waals surface area contributed by atoms with Crippen molar-refractivity contribution in [2.24, 2.45) is 0 Å². The average molecular weight is 288 g/mol. The first kappa shape index (κ1) is 13.2. The van der Waals surface area contributed by atoms with Crippen LogP contribution in [0.15, 0.2) is 12.1 Å². The number of benzene rings is 1. The maximum absolute atomic E-state index is 11.8. The third-order valence-electron chi connectivity index (χ3n) is 3.86. The molecule has 104 valence electrons. The Morgan fingerprint density at radius 2 is 2.05 bits per heavy atom. The van der Waals surface area contributed by atoms with E-state index in [1.54, 1.807) is 11.3 Å². The van der Waals surface area contributed by atoms with Crippen LogP contribution in [0.1, 0.15) is 31.9 Å². The highest BCUT2D eigenvalue weighted by atomic mass is 32.1. The normalized spacial score (nSPS) is 12.4. The lowest BCUT2D eigenvalue weighted by Gasteiger charge is -2.20. The third kappa shape index (κ3) is 1.83. The van der Waals surface area contributed by atoms with Crippen LogP contribution in [0.5, 0.6) is 5.75 Å². The largest absolute Gasteiger partial charge is 0.488 e. The summed E-state index contributed by atoms with van der Waals surface area (Å²) in [6, 6.07) is 3.82. The molecule has 1 aromatic carbocycles. The second-order valence-corrected chi connectivity index (χ2v) is 6.26. The Kier molecular flexibility index (Phi) is 3.05. The molecule has 0 saturated heterocycles. The lowest BCUT2D eigenvalue weighted by Crippen LogP contribution is -2.09. The minimum absolute atomic E-state index is 0.303. The lowest BCUT2D eigenvalue weighted by molar-refractivity contribution is 0.0600. The van der Waals surface area contributed by atoms with Gasteiger partial charge in [0.05, 0.1) is 12.7 Å². The van der Waals surface area contributed by atoms with E-state index in [0.717, 1.165) is 16.9 Å². The number of hydrogen-bond acceptors (Lipinski definition) is 4. The van der Waals surface area contributed by atoms with E-state index in [4.69, 9.17) is 9.47 Å². The highest BCUT2D eigenvalue weighted by Crippen LogP contribution is 2.45. The summed E-state index contributed by atoms with van der Waals surface area (Å²) in [4.78, 5) is 14.4. The Bertz CT molecular complexity index is 713. The molecule has 1 aliphatic heterocycles. The van der Waals surface area contributed by atoms with Gasteiger partial charge in [0.15, 0.2) is 0 Å². The molecule has 0 radical (unpaired) electrons. The zero-order valence-corrected chi connectivity index (χ0v) is 12.8. The van der Waals surface area contributed by atoms with Gasteiger partial charge in [0, 0.05) is 20.9 Å². The summed E-state index contributed by atoms with van der Waals surface area (Å²) in [6.07, 6.45) is 0. The molecule has 3 rings (SSSR count). The number of thiophene rings is 1. The predicted molar refractivity (Wildman–Crippen MR) is 79.6 cm³/mol. The Balaban J connectivity index is 2.23. The van der Waals surface area contributed by atoms with Crippen LogP contribution in [0, 0.1) is 20.8 Å². The van der Waals surface area contributed by atoms with E-state index in [2.05, 4.69) is 13.8 Å². The number of aryl methyl sites for hydroxylation is 2. The topological polar surface area (TPSA) is 35.5 Å². The molecule has 0 amide bonds. The van der Waals surface area contributed by atoms with E-state index in [9.17, 15) is 4.79 Å². The monoisotopic (exact) mass is 288 g/mol. The smallest absolute Gasteiger partial charge is 0.338 e. The Hall–Kier alpha value is -1.81. The number of hydrogen-bond donors (Lipinski definition) is 0. The van der Waals surface area contributed by atoms with Crippen LogP contribution in [-0.2, 0) is 11.3 Å². The standard InChI is InChI=1S/C16H16O3S/c1-8-5-14-12(6-11(8)16(17)18-4)15-13(7-19-14)9(2)10(3)20-15/h5-6H,7H2,1-4H3. The average Bonchev–Trinajstić information content (AvgIpc) is 2.73. The van der Waals surface area contributed by atoms with Gasteiger partial charge in [-0.25, -0.2) is 4.79 Å². The minimum Gasteiger partial charge on any atom is -0.488 e. The summed E-state index contributed by atoms with van der Waals surface area (Å²) in [7, 11) is 1.41. The molecule has 1 aromatic heterocycles. The number of carbonyl (C=O) groups excluding carboxylic acids is 1. The molecule has 0 spiro atoms. The van der Waals surface area contributed by atoms with Crippen LogP contribution >= 0.6 is 11.3 Å². The molecule has 20 heavy (non-hydrogen) atoms. The van der Waals surface area contributed by atoms with E-state index in [0.29, 0.717) is 12.2 Å². The number of fused-ring (bicyclic) bond motifs is 3. The van der Waals surface area contributed by atoms with Crippen molar-refractivity contribution in [2.45, 2.75) is 27.4 Å². The van der Waals surface area contributed by atoms with Crippen molar-refractivity contribution in [1.29, 1.82) is 0 Å². The van der Waals surface area contributed by atoms with E-state index < -0.39 is 0 Å². The van der Waals surface area contributed by atoms with E-state index >= 15 is 0 Å². The quantitative estimate of drug-likeness (QED) is 0.743. The van der Waals surface area contributed by atoms with Crippen molar-refractivity contribution >= 4 is 17.3 Å². The summed E-state index contributed by atoms with van der Waals surface area (Å²) in [5, 5.41) is 0. The third-order valence-corrected chi connectivity index (χ3v) is 5.14. The van der Waals surface area contributed by atoms with Gasteiger partial charge in [-0.15, -0.1) is 11.3 Å². The van der Waals surface area contributed by atoms with E-state index in [1.807, 2.05) is 19.1 Å². The fourth-order valence-electron chi connectivity index (χ4n) is 2.52. The molecule has 0 N–H and O–H groups in total. The molecular formula is C16H16O3S. The van der Waals surface area contributed by atoms with Gasteiger partial charge in [-0.3, -0.25) is 0 Å². The summed E-state index contributed by atoms with van der Waals surface area (Å²) >= 11 is 1.76. The van der Waals surface area contributed by atoms with Gasteiger partial charge in [0.2, 0.25) is 0 Å². The molecule has 2 aromatic rings. The van der Waals surface area contributed by atoms with Crippen molar-refractivity contribution in [2.75, 3.05) is 7.11 Å². The molecule has 4 heteroatoms. The van der Waals surface area contributed by atoms with Gasteiger partial charge >= 0.3 is 5.97 Å². The zero-order valence-electron chi connectivity index (χ0n) is 12.0. The molecular weight excluding hydrogens is 272 g/mol. The Morgan fingerprint density at radius 1 is 1.30 bits per heavy atom.